The second-order valence-electron chi connectivity index (χ2n) is 3.37. The molecule has 0 aliphatic heterocycles. The van der Waals surface area contributed by atoms with Gasteiger partial charge in [0.15, 0.2) is 0 Å². The molecule has 0 heterocycles. The second kappa shape index (κ2) is 9.56. The maximum Gasteiger partial charge on any atom is 0.219 e. The Kier molecular flexibility index (Phi) is 9.17. The van der Waals surface area contributed by atoms with Gasteiger partial charge in [-0.2, -0.15) is 0 Å². The number of hydrogen-bond donors (Lipinski definition) is 1. The summed E-state index contributed by atoms with van der Waals surface area (Å²) >= 11 is 0. The highest BCUT2D eigenvalue weighted by Crippen LogP contribution is 2.00. The number of rotatable bonds is 8. The van der Waals surface area contributed by atoms with Crippen LogP contribution in [0.4, 0.5) is 0 Å². The van der Waals surface area contributed by atoms with E-state index in [2.05, 4.69) is 12.2 Å². The van der Waals surface area contributed by atoms with Crippen molar-refractivity contribution in [2.45, 2.75) is 51.9 Å². The Morgan fingerprint density at radius 2 is 1.92 bits per heavy atom. The summed E-state index contributed by atoms with van der Waals surface area (Å²) in [4.78, 5) is 11.0. The maximum atomic E-state index is 11.0. The highest BCUT2D eigenvalue weighted by molar-refractivity contribution is 5.75. The van der Waals surface area contributed by atoms with E-state index in [1.165, 1.54) is 19.3 Å². The SMILES string of the molecule is [CH2]CCCCCCNC(=O)CCC. The van der Waals surface area contributed by atoms with Crippen LogP contribution in [0.2, 0.25) is 0 Å². The fourth-order valence-electron chi connectivity index (χ4n) is 1.20. The fraction of sp³-hybridized carbons (Fsp3) is 0.818. The van der Waals surface area contributed by atoms with Crippen LogP contribution in [0.3, 0.4) is 0 Å². The van der Waals surface area contributed by atoms with Crippen LogP contribution in [-0.2, 0) is 4.79 Å². The van der Waals surface area contributed by atoms with Crippen LogP contribution in [-0.4, -0.2) is 12.5 Å². The number of hydrogen-bond acceptors (Lipinski definition) is 1. The van der Waals surface area contributed by atoms with Gasteiger partial charge in [-0.1, -0.05) is 39.5 Å². The number of unbranched alkanes of at least 4 members (excludes halogenated alkanes) is 4. The van der Waals surface area contributed by atoms with E-state index in [9.17, 15) is 4.79 Å². The lowest BCUT2D eigenvalue weighted by molar-refractivity contribution is -0.121. The van der Waals surface area contributed by atoms with Crippen LogP contribution in [0.1, 0.15) is 51.9 Å². The van der Waals surface area contributed by atoms with Gasteiger partial charge >= 0.3 is 0 Å². The molecular weight excluding hydrogens is 162 g/mol. The van der Waals surface area contributed by atoms with Crippen molar-refractivity contribution in [3.05, 3.63) is 6.92 Å². The summed E-state index contributed by atoms with van der Waals surface area (Å²) in [5.74, 6) is 0.194. The van der Waals surface area contributed by atoms with Crippen LogP contribution < -0.4 is 5.32 Å². The summed E-state index contributed by atoms with van der Waals surface area (Å²) in [5.41, 5.74) is 0. The Morgan fingerprint density at radius 3 is 2.54 bits per heavy atom. The van der Waals surface area contributed by atoms with E-state index in [4.69, 9.17) is 0 Å². The van der Waals surface area contributed by atoms with Crippen molar-refractivity contribution < 1.29 is 4.79 Å². The summed E-state index contributed by atoms with van der Waals surface area (Å²) < 4.78 is 0. The van der Waals surface area contributed by atoms with Gasteiger partial charge in [0, 0.05) is 13.0 Å². The third-order valence-electron chi connectivity index (χ3n) is 1.98. The molecule has 13 heavy (non-hydrogen) atoms. The molecule has 0 aliphatic rings. The van der Waals surface area contributed by atoms with Crippen LogP contribution in [0.25, 0.3) is 0 Å². The quantitative estimate of drug-likeness (QED) is 0.577. The molecule has 1 amide bonds. The van der Waals surface area contributed by atoms with Crippen LogP contribution in [0.5, 0.6) is 0 Å². The van der Waals surface area contributed by atoms with Gasteiger partial charge in [-0.25, -0.2) is 0 Å². The minimum Gasteiger partial charge on any atom is -0.356 e. The molecule has 0 aliphatic carbocycles. The Bertz CT molecular complexity index is 123. The van der Waals surface area contributed by atoms with Crippen LogP contribution in [0, 0.1) is 6.92 Å². The van der Waals surface area contributed by atoms with Crippen molar-refractivity contribution in [3.63, 3.8) is 0 Å². The lowest BCUT2D eigenvalue weighted by Crippen LogP contribution is -2.23. The normalized spacial score (nSPS) is 10.0. The van der Waals surface area contributed by atoms with Crippen molar-refractivity contribution >= 4 is 5.91 Å². The minimum absolute atomic E-state index is 0.194. The average Bonchev–Trinajstić information content (AvgIpc) is 2.11. The third kappa shape index (κ3) is 9.38. The zero-order valence-corrected chi connectivity index (χ0v) is 8.77. The molecule has 2 heteroatoms. The molecule has 0 fully saturated rings. The highest BCUT2D eigenvalue weighted by Gasteiger charge is 1.96. The lowest BCUT2D eigenvalue weighted by Gasteiger charge is -2.03. The molecule has 0 unspecified atom stereocenters. The molecule has 0 spiro atoms. The first-order valence-electron chi connectivity index (χ1n) is 5.37. The van der Waals surface area contributed by atoms with Crippen molar-refractivity contribution in [1.82, 2.24) is 5.32 Å². The molecule has 2 nitrogen and oxygen atoms in total. The van der Waals surface area contributed by atoms with E-state index >= 15 is 0 Å². The summed E-state index contributed by atoms with van der Waals surface area (Å²) in [5, 5.41) is 2.91. The Labute approximate surface area is 82.1 Å². The van der Waals surface area contributed by atoms with Gasteiger partial charge in [0.25, 0.3) is 0 Å². The van der Waals surface area contributed by atoms with E-state index in [1.807, 2.05) is 6.92 Å². The van der Waals surface area contributed by atoms with Crippen molar-refractivity contribution in [3.8, 4) is 0 Å². The first kappa shape index (κ1) is 12.5. The van der Waals surface area contributed by atoms with E-state index in [-0.39, 0.29) is 5.91 Å². The molecule has 1 radical (unpaired) electrons. The van der Waals surface area contributed by atoms with Gasteiger partial charge in [-0.3, -0.25) is 4.79 Å². The van der Waals surface area contributed by atoms with Crippen LogP contribution in [0.15, 0.2) is 0 Å². The predicted octanol–water partition coefficient (Wildman–Crippen LogP) is 2.69. The summed E-state index contributed by atoms with van der Waals surface area (Å²) in [6, 6.07) is 0. The van der Waals surface area contributed by atoms with Crippen LogP contribution >= 0.6 is 0 Å². The van der Waals surface area contributed by atoms with Crippen molar-refractivity contribution in [2.75, 3.05) is 6.54 Å². The monoisotopic (exact) mass is 184 g/mol. The first-order valence-corrected chi connectivity index (χ1v) is 5.37. The summed E-state index contributed by atoms with van der Waals surface area (Å²) in [6.07, 6.45) is 7.40. The van der Waals surface area contributed by atoms with Gasteiger partial charge < -0.3 is 5.32 Å². The molecule has 0 aromatic carbocycles. The Balaban J connectivity index is 3.02. The minimum atomic E-state index is 0.194. The summed E-state index contributed by atoms with van der Waals surface area (Å²) in [6.45, 7) is 6.65. The zero-order valence-electron chi connectivity index (χ0n) is 8.77. The molecule has 0 bridgehead atoms. The van der Waals surface area contributed by atoms with Gasteiger partial charge in [0.2, 0.25) is 5.91 Å². The predicted molar refractivity (Wildman–Crippen MR) is 56.4 cm³/mol. The van der Waals surface area contributed by atoms with Gasteiger partial charge in [0.05, 0.1) is 0 Å². The topological polar surface area (TPSA) is 29.1 Å². The molecule has 77 valence electrons. The maximum absolute atomic E-state index is 11.0. The molecule has 0 saturated heterocycles. The smallest absolute Gasteiger partial charge is 0.219 e. The largest absolute Gasteiger partial charge is 0.356 e. The molecule has 0 aromatic rings. The third-order valence-corrected chi connectivity index (χ3v) is 1.98. The molecule has 0 saturated carbocycles. The van der Waals surface area contributed by atoms with E-state index in [0.29, 0.717) is 6.42 Å². The second-order valence-corrected chi connectivity index (χ2v) is 3.37. The number of carbonyl (C=O) groups is 1. The number of amides is 1. The molecule has 0 rings (SSSR count). The number of nitrogens with one attached hydrogen (secondary N) is 1. The van der Waals surface area contributed by atoms with Gasteiger partial charge in [0.1, 0.15) is 0 Å². The van der Waals surface area contributed by atoms with E-state index in [0.717, 1.165) is 25.8 Å². The fourth-order valence-corrected chi connectivity index (χ4v) is 1.20. The number of carbonyl (C=O) groups excluding carboxylic acids is 1. The van der Waals surface area contributed by atoms with Gasteiger partial charge in [-0.05, 0) is 12.8 Å². The summed E-state index contributed by atoms with van der Waals surface area (Å²) in [7, 11) is 0. The lowest BCUT2D eigenvalue weighted by atomic mass is 10.1. The Morgan fingerprint density at radius 1 is 1.23 bits per heavy atom. The Hall–Kier alpha value is -0.530. The molecular formula is C11H22NO. The average molecular weight is 184 g/mol. The molecule has 0 aromatic heterocycles. The molecule has 1 N–H and O–H groups in total. The van der Waals surface area contributed by atoms with E-state index in [1.54, 1.807) is 0 Å². The molecule has 0 atom stereocenters. The zero-order chi connectivity index (χ0) is 9.94. The van der Waals surface area contributed by atoms with Crippen molar-refractivity contribution in [1.29, 1.82) is 0 Å². The highest BCUT2D eigenvalue weighted by atomic mass is 16.1. The first-order chi connectivity index (χ1) is 6.31. The van der Waals surface area contributed by atoms with Crippen molar-refractivity contribution in [2.24, 2.45) is 0 Å². The van der Waals surface area contributed by atoms with Gasteiger partial charge in [-0.15, -0.1) is 0 Å². The van der Waals surface area contributed by atoms with E-state index < -0.39 is 0 Å². The standard InChI is InChI=1S/C11H22NO/c1-3-5-6-7-8-10-12-11(13)9-4-2/h1,3-10H2,2H3,(H,12,13).